The Bertz CT molecular complexity index is 393. The summed E-state index contributed by atoms with van der Waals surface area (Å²) in [6.45, 7) is 6.38. The molecule has 0 saturated carbocycles. The number of carboxylic acids is 1. The molecule has 0 amide bonds. The van der Waals surface area contributed by atoms with Gasteiger partial charge in [-0.05, 0) is 20.8 Å². The van der Waals surface area contributed by atoms with E-state index in [1.54, 1.807) is 19.9 Å². The molecule has 0 unspecified atom stereocenters. The first-order valence-electron chi connectivity index (χ1n) is 5.49. The molecule has 6 nitrogen and oxygen atoms in total. The number of hydrogen-bond acceptors (Lipinski definition) is 5. The van der Waals surface area contributed by atoms with E-state index in [2.05, 4.69) is 20.6 Å². The van der Waals surface area contributed by atoms with E-state index >= 15 is 0 Å². The van der Waals surface area contributed by atoms with Crippen molar-refractivity contribution in [3.63, 3.8) is 0 Å². The lowest BCUT2D eigenvalue weighted by Gasteiger charge is -2.19. The zero-order valence-electron chi connectivity index (χ0n) is 10.3. The number of carbonyl (C=O) groups is 1. The summed E-state index contributed by atoms with van der Waals surface area (Å²) < 4.78 is 0. The van der Waals surface area contributed by atoms with Gasteiger partial charge in [0.05, 0.1) is 5.41 Å². The SMILES string of the molecule is CCNc1cc(NCC(C)(C)C(=O)O)ncn1. The van der Waals surface area contributed by atoms with Gasteiger partial charge in [-0.15, -0.1) is 0 Å². The fraction of sp³-hybridized carbons (Fsp3) is 0.545. The van der Waals surface area contributed by atoms with Gasteiger partial charge in [-0.3, -0.25) is 4.79 Å². The van der Waals surface area contributed by atoms with E-state index in [9.17, 15) is 4.79 Å². The van der Waals surface area contributed by atoms with Crippen molar-refractivity contribution in [2.45, 2.75) is 20.8 Å². The zero-order chi connectivity index (χ0) is 12.9. The highest BCUT2D eigenvalue weighted by molar-refractivity contribution is 5.74. The number of aromatic nitrogens is 2. The minimum Gasteiger partial charge on any atom is -0.481 e. The smallest absolute Gasteiger partial charge is 0.310 e. The lowest BCUT2D eigenvalue weighted by molar-refractivity contribution is -0.146. The molecule has 0 saturated heterocycles. The monoisotopic (exact) mass is 238 g/mol. The third kappa shape index (κ3) is 3.90. The van der Waals surface area contributed by atoms with Gasteiger partial charge >= 0.3 is 5.97 Å². The van der Waals surface area contributed by atoms with E-state index in [0.717, 1.165) is 12.4 Å². The Morgan fingerprint density at radius 1 is 1.35 bits per heavy atom. The number of rotatable bonds is 6. The standard InChI is InChI=1S/C11H18N4O2/c1-4-12-8-5-9(15-7-14-8)13-6-11(2,3)10(16)17/h5,7H,4,6H2,1-3H3,(H,16,17)(H2,12,13,14,15). The highest BCUT2D eigenvalue weighted by Gasteiger charge is 2.26. The molecule has 17 heavy (non-hydrogen) atoms. The van der Waals surface area contributed by atoms with Crippen molar-refractivity contribution in [1.82, 2.24) is 9.97 Å². The maximum absolute atomic E-state index is 10.9. The Hall–Kier alpha value is -1.85. The normalized spacial score (nSPS) is 11.0. The molecule has 0 aromatic carbocycles. The largest absolute Gasteiger partial charge is 0.481 e. The first-order valence-corrected chi connectivity index (χ1v) is 5.49. The van der Waals surface area contributed by atoms with Crippen molar-refractivity contribution in [3.8, 4) is 0 Å². The van der Waals surface area contributed by atoms with Crippen molar-refractivity contribution in [2.75, 3.05) is 23.7 Å². The van der Waals surface area contributed by atoms with Crippen LogP contribution in [0.1, 0.15) is 20.8 Å². The maximum Gasteiger partial charge on any atom is 0.310 e. The molecule has 0 aliphatic rings. The van der Waals surface area contributed by atoms with Crippen molar-refractivity contribution >= 4 is 17.6 Å². The Balaban J connectivity index is 2.63. The molecule has 1 aromatic heterocycles. The van der Waals surface area contributed by atoms with Crippen LogP contribution in [0.15, 0.2) is 12.4 Å². The molecule has 0 atom stereocenters. The average Bonchev–Trinajstić information content (AvgIpc) is 2.27. The van der Waals surface area contributed by atoms with E-state index in [1.165, 1.54) is 6.33 Å². The van der Waals surface area contributed by atoms with Crippen LogP contribution in [0.5, 0.6) is 0 Å². The second-order valence-corrected chi connectivity index (χ2v) is 4.36. The zero-order valence-corrected chi connectivity index (χ0v) is 10.3. The van der Waals surface area contributed by atoms with E-state index < -0.39 is 11.4 Å². The summed E-state index contributed by atoms with van der Waals surface area (Å²) in [5, 5.41) is 15.0. The van der Waals surface area contributed by atoms with Crippen LogP contribution in [-0.2, 0) is 4.79 Å². The average molecular weight is 238 g/mol. The van der Waals surface area contributed by atoms with Crippen LogP contribution in [0.25, 0.3) is 0 Å². The summed E-state index contributed by atoms with van der Waals surface area (Å²) in [7, 11) is 0. The van der Waals surface area contributed by atoms with Gasteiger partial charge < -0.3 is 15.7 Å². The molecule has 1 aromatic rings. The molecular formula is C11H18N4O2. The summed E-state index contributed by atoms with van der Waals surface area (Å²) in [6.07, 6.45) is 1.44. The predicted molar refractivity (Wildman–Crippen MR) is 66.1 cm³/mol. The fourth-order valence-corrected chi connectivity index (χ4v) is 1.12. The fourth-order valence-electron chi connectivity index (χ4n) is 1.12. The number of hydrogen-bond donors (Lipinski definition) is 3. The Morgan fingerprint density at radius 2 is 1.94 bits per heavy atom. The van der Waals surface area contributed by atoms with Crippen LogP contribution in [0.2, 0.25) is 0 Å². The second kappa shape index (κ2) is 5.47. The van der Waals surface area contributed by atoms with Gasteiger partial charge in [0.15, 0.2) is 0 Å². The van der Waals surface area contributed by atoms with Crippen molar-refractivity contribution in [1.29, 1.82) is 0 Å². The molecule has 0 radical (unpaired) electrons. The lowest BCUT2D eigenvalue weighted by atomic mass is 9.94. The van der Waals surface area contributed by atoms with Gasteiger partial charge in [0, 0.05) is 19.2 Å². The topological polar surface area (TPSA) is 87.1 Å². The summed E-state index contributed by atoms with van der Waals surface area (Å²) in [6, 6.07) is 1.75. The van der Waals surface area contributed by atoms with Crippen molar-refractivity contribution in [2.24, 2.45) is 5.41 Å². The summed E-state index contributed by atoms with van der Waals surface area (Å²) >= 11 is 0. The van der Waals surface area contributed by atoms with Gasteiger partial charge in [0.1, 0.15) is 18.0 Å². The minimum absolute atomic E-state index is 0.310. The quantitative estimate of drug-likeness (QED) is 0.695. The highest BCUT2D eigenvalue weighted by Crippen LogP contribution is 2.16. The van der Waals surface area contributed by atoms with Gasteiger partial charge in [-0.25, -0.2) is 9.97 Å². The van der Waals surface area contributed by atoms with Crippen LogP contribution in [-0.4, -0.2) is 34.1 Å². The van der Waals surface area contributed by atoms with Crippen LogP contribution < -0.4 is 10.6 Å². The Kier molecular flexibility index (Phi) is 4.25. The minimum atomic E-state index is -0.842. The molecule has 3 N–H and O–H groups in total. The van der Waals surface area contributed by atoms with E-state index in [1.807, 2.05) is 6.92 Å². The highest BCUT2D eigenvalue weighted by atomic mass is 16.4. The third-order valence-electron chi connectivity index (χ3n) is 2.32. The summed E-state index contributed by atoms with van der Waals surface area (Å²) in [5.41, 5.74) is -0.830. The van der Waals surface area contributed by atoms with E-state index in [-0.39, 0.29) is 0 Å². The summed E-state index contributed by atoms with van der Waals surface area (Å²) in [4.78, 5) is 19.0. The van der Waals surface area contributed by atoms with Crippen LogP contribution in [0.4, 0.5) is 11.6 Å². The molecule has 1 rings (SSSR count). The molecular weight excluding hydrogens is 220 g/mol. The van der Waals surface area contributed by atoms with Crippen molar-refractivity contribution < 1.29 is 9.90 Å². The molecule has 0 fully saturated rings. The molecule has 6 heteroatoms. The molecule has 94 valence electrons. The van der Waals surface area contributed by atoms with E-state index in [4.69, 9.17) is 5.11 Å². The number of anilines is 2. The molecule has 0 bridgehead atoms. The van der Waals surface area contributed by atoms with Crippen LogP contribution in [0.3, 0.4) is 0 Å². The predicted octanol–water partition coefficient (Wildman–Crippen LogP) is 1.43. The van der Waals surface area contributed by atoms with Gasteiger partial charge in [0.25, 0.3) is 0 Å². The first kappa shape index (κ1) is 13.2. The first-order chi connectivity index (χ1) is 7.95. The second-order valence-electron chi connectivity index (χ2n) is 4.36. The number of aliphatic carboxylic acids is 1. The van der Waals surface area contributed by atoms with Gasteiger partial charge in [0.2, 0.25) is 0 Å². The maximum atomic E-state index is 10.9. The van der Waals surface area contributed by atoms with Gasteiger partial charge in [-0.1, -0.05) is 0 Å². The molecule has 0 aliphatic heterocycles. The molecule has 1 heterocycles. The van der Waals surface area contributed by atoms with Gasteiger partial charge in [-0.2, -0.15) is 0 Å². The molecule has 0 aliphatic carbocycles. The molecule has 0 spiro atoms. The lowest BCUT2D eigenvalue weighted by Crippen LogP contribution is -2.32. The Labute approximate surface area is 100 Å². The van der Waals surface area contributed by atoms with Crippen molar-refractivity contribution in [3.05, 3.63) is 12.4 Å². The third-order valence-corrected chi connectivity index (χ3v) is 2.32. The van der Waals surface area contributed by atoms with E-state index in [0.29, 0.717) is 12.4 Å². The Morgan fingerprint density at radius 3 is 2.47 bits per heavy atom. The van der Waals surface area contributed by atoms with Crippen LogP contribution in [0, 0.1) is 5.41 Å². The number of carboxylic acid groups (broad SMARTS) is 1. The number of nitrogens with zero attached hydrogens (tertiary/aromatic N) is 2. The number of nitrogens with one attached hydrogen (secondary N) is 2. The summed E-state index contributed by atoms with van der Waals surface area (Å²) in [5.74, 6) is 0.495. The van der Waals surface area contributed by atoms with Crippen LogP contribution >= 0.6 is 0 Å².